The fourth-order valence-electron chi connectivity index (χ4n) is 1.59. The SMILES string of the molecule is CC(C)Sc1cccc(-c2cc(F)c(F)c(F)c2)n1. The molecule has 100 valence electrons. The first-order valence-electron chi connectivity index (χ1n) is 5.76. The number of pyridine rings is 1. The predicted molar refractivity (Wildman–Crippen MR) is 70.5 cm³/mol. The van der Waals surface area contributed by atoms with Gasteiger partial charge in [-0.05, 0) is 24.3 Å². The Hall–Kier alpha value is -1.49. The minimum Gasteiger partial charge on any atom is -0.241 e. The van der Waals surface area contributed by atoms with Gasteiger partial charge in [-0.25, -0.2) is 18.2 Å². The zero-order valence-electron chi connectivity index (χ0n) is 10.5. The van der Waals surface area contributed by atoms with Crippen LogP contribution >= 0.6 is 11.8 Å². The lowest BCUT2D eigenvalue weighted by Gasteiger charge is -2.07. The number of rotatable bonds is 3. The maximum absolute atomic E-state index is 13.2. The summed E-state index contributed by atoms with van der Waals surface area (Å²) in [4.78, 5) is 4.30. The van der Waals surface area contributed by atoms with E-state index in [2.05, 4.69) is 4.98 Å². The van der Waals surface area contributed by atoms with Crippen molar-refractivity contribution < 1.29 is 13.2 Å². The molecule has 0 saturated carbocycles. The Balaban J connectivity index is 2.41. The van der Waals surface area contributed by atoms with Crippen LogP contribution in [0.3, 0.4) is 0 Å². The highest BCUT2D eigenvalue weighted by atomic mass is 32.2. The van der Waals surface area contributed by atoms with Crippen LogP contribution < -0.4 is 0 Å². The van der Waals surface area contributed by atoms with Crippen molar-refractivity contribution in [2.45, 2.75) is 24.1 Å². The van der Waals surface area contributed by atoms with Gasteiger partial charge >= 0.3 is 0 Å². The topological polar surface area (TPSA) is 12.9 Å². The van der Waals surface area contributed by atoms with Crippen molar-refractivity contribution in [1.29, 1.82) is 0 Å². The summed E-state index contributed by atoms with van der Waals surface area (Å²) in [7, 11) is 0. The Morgan fingerprint density at radius 1 is 1.05 bits per heavy atom. The number of benzene rings is 1. The van der Waals surface area contributed by atoms with E-state index in [0.29, 0.717) is 10.9 Å². The van der Waals surface area contributed by atoms with Gasteiger partial charge in [0.2, 0.25) is 0 Å². The van der Waals surface area contributed by atoms with Crippen LogP contribution in [-0.4, -0.2) is 10.2 Å². The maximum atomic E-state index is 13.2. The number of hydrogen-bond donors (Lipinski definition) is 0. The molecular weight excluding hydrogens is 271 g/mol. The zero-order valence-corrected chi connectivity index (χ0v) is 11.3. The zero-order chi connectivity index (χ0) is 14.0. The minimum absolute atomic E-state index is 0.225. The predicted octanol–water partition coefficient (Wildman–Crippen LogP) is 4.67. The second-order valence-electron chi connectivity index (χ2n) is 4.28. The van der Waals surface area contributed by atoms with Gasteiger partial charge in [0.25, 0.3) is 0 Å². The standard InChI is InChI=1S/C14H12F3NS/c1-8(2)19-13-5-3-4-12(18-13)9-6-10(15)14(17)11(16)7-9/h3-8H,1-2H3. The molecule has 0 amide bonds. The highest BCUT2D eigenvalue weighted by Gasteiger charge is 2.12. The first-order valence-corrected chi connectivity index (χ1v) is 6.64. The summed E-state index contributed by atoms with van der Waals surface area (Å²) in [5.41, 5.74) is 0.644. The van der Waals surface area contributed by atoms with Gasteiger partial charge in [0.1, 0.15) is 0 Å². The second-order valence-corrected chi connectivity index (χ2v) is 5.88. The largest absolute Gasteiger partial charge is 0.241 e. The van der Waals surface area contributed by atoms with Gasteiger partial charge in [-0.3, -0.25) is 0 Å². The highest BCUT2D eigenvalue weighted by Crippen LogP contribution is 2.26. The normalized spacial score (nSPS) is 11.1. The molecule has 19 heavy (non-hydrogen) atoms. The molecule has 1 aromatic carbocycles. The molecule has 0 unspecified atom stereocenters. The van der Waals surface area contributed by atoms with Crippen LogP contribution in [0.5, 0.6) is 0 Å². The lowest BCUT2D eigenvalue weighted by Crippen LogP contribution is -1.94. The molecule has 0 aliphatic carbocycles. The second kappa shape index (κ2) is 5.65. The van der Waals surface area contributed by atoms with Crippen LogP contribution in [0.15, 0.2) is 35.4 Å². The van der Waals surface area contributed by atoms with Crippen LogP contribution in [-0.2, 0) is 0 Å². The molecule has 0 atom stereocenters. The van der Waals surface area contributed by atoms with E-state index < -0.39 is 17.5 Å². The Bertz CT molecular complexity index is 576. The van der Waals surface area contributed by atoms with E-state index >= 15 is 0 Å². The van der Waals surface area contributed by atoms with Crippen LogP contribution in [0, 0.1) is 17.5 Å². The first kappa shape index (κ1) is 13.9. The lowest BCUT2D eigenvalue weighted by molar-refractivity contribution is 0.447. The smallest absolute Gasteiger partial charge is 0.194 e. The minimum atomic E-state index is -1.46. The molecule has 0 aliphatic heterocycles. The van der Waals surface area contributed by atoms with E-state index in [9.17, 15) is 13.2 Å². The molecule has 0 N–H and O–H groups in total. The van der Waals surface area contributed by atoms with Gasteiger partial charge in [0.05, 0.1) is 10.7 Å². The molecule has 5 heteroatoms. The number of hydrogen-bond acceptors (Lipinski definition) is 2. The molecule has 2 aromatic rings. The van der Waals surface area contributed by atoms with E-state index in [1.54, 1.807) is 23.9 Å². The van der Waals surface area contributed by atoms with Crippen LogP contribution in [0.4, 0.5) is 13.2 Å². The van der Waals surface area contributed by atoms with Crippen molar-refractivity contribution in [3.8, 4) is 11.3 Å². The van der Waals surface area contributed by atoms with Gasteiger partial charge in [0, 0.05) is 10.8 Å². The van der Waals surface area contributed by atoms with Gasteiger partial charge < -0.3 is 0 Å². The molecule has 1 nitrogen and oxygen atoms in total. The third kappa shape index (κ3) is 3.29. The van der Waals surface area contributed by atoms with Crippen molar-refractivity contribution in [2.24, 2.45) is 0 Å². The summed E-state index contributed by atoms with van der Waals surface area (Å²) >= 11 is 1.55. The third-order valence-electron chi connectivity index (χ3n) is 2.36. The molecule has 0 saturated heterocycles. The summed E-state index contributed by atoms with van der Waals surface area (Å²) in [5, 5.41) is 1.11. The number of thioether (sulfide) groups is 1. The average molecular weight is 283 g/mol. The lowest BCUT2D eigenvalue weighted by atomic mass is 10.1. The van der Waals surface area contributed by atoms with E-state index in [1.807, 2.05) is 19.9 Å². The molecule has 0 aliphatic rings. The summed E-state index contributed by atoms with van der Waals surface area (Å²) < 4.78 is 39.3. The number of aromatic nitrogens is 1. The summed E-state index contributed by atoms with van der Waals surface area (Å²) in [5.74, 6) is -3.88. The van der Waals surface area contributed by atoms with E-state index in [-0.39, 0.29) is 5.56 Å². The fraction of sp³-hybridized carbons (Fsp3) is 0.214. The van der Waals surface area contributed by atoms with Gasteiger partial charge in [0.15, 0.2) is 17.5 Å². The molecular formula is C14H12F3NS. The van der Waals surface area contributed by atoms with Crippen LogP contribution in [0.2, 0.25) is 0 Å². The van der Waals surface area contributed by atoms with E-state index in [0.717, 1.165) is 17.2 Å². The number of nitrogens with zero attached hydrogens (tertiary/aromatic N) is 1. The van der Waals surface area contributed by atoms with Crippen LogP contribution in [0.25, 0.3) is 11.3 Å². The highest BCUT2D eigenvalue weighted by molar-refractivity contribution is 7.99. The molecule has 0 spiro atoms. The summed E-state index contributed by atoms with van der Waals surface area (Å²) in [6.07, 6.45) is 0. The van der Waals surface area contributed by atoms with Gasteiger partial charge in [-0.2, -0.15) is 0 Å². The summed E-state index contributed by atoms with van der Waals surface area (Å²) in [6, 6.07) is 7.11. The Morgan fingerprint density at radius 3 is 2.26 bits per heavy atom. The average Bonchev–Trinajstić information content (AvgIpc) is 2.35. The Morgan fingerprint density at radius 2 is 1.68 bits per heavy atom. The van der Waals surface area contributed by atoms with Crippen molar-refractivity contribution in [2.75, 3.05) is 0 Å². The van der Waals surface area contributed by atoms with Crippen molar-refractivity contribution in [3.63, 3.8) is 0 Å². The number of halogens is 3. The molecule has 0 radical (unpaired) electrons. The maximum Gasteiger partial charge on any atom is 0.194 e. The molecule has 0 bridgehead atoms. The molecule has 2 rings (SSSR count). The van der Waals surface area contributed by atoms with Crippen molar-refractivity contribution >= 4 is 11.8 Å². The monoisotopic (exact) mass is 283 g/mol. The Labute approximate surface area is 113 Å². The van der Waals surface area contributed by atoms with Gasteiger partial charge in [-0.15, -0.1) is 11.8 Å². The van der Waals surface area contributed by atoms with E-state index in [4.69, 9.17) is 0 Å². The quantitative estimate of drug-likeness (QED) is 0.600. The van der Waals surface area contributed by atoms with Crippen molar-refractivity contribution in [1.82, 2.24) is 4.98 Å². The third-order valence-corrected chi connectivity index (χ3v) is 3.30. The Kier molecular flexibility index (Phi) is 4.14. The molecule has 0 fully saturated rings. The van der Waals surface area contributed by atoms with Crippen molar-refractivity contribution in [3.05, 3.63) is 47.8 Å². The molecule has 1 heterocycles. The fourth-order valence-corrected chi connectivity index (χ4v) is 2.38. The van der Waals surface area contributed by atoms with Crippen LogP contribution in [0.1, 0.15) is 13.8 Å². The van der Waals surface area contributed by atoms with E-state index in [1.165, 1.54) is 0 Å². The van der Waals surface area contributed by atoms with Gasteiger partial charge in [-0.1, -0.05) is 19.9 Å². The first-order chi connectivity index (χ1) is 8.97. The molecule has 1 aromatic heterocycles. The summed E-state index contributed by atoms with van der Waals surface area (Å²) in [6.45, 7) is 4.05.